The average molecular weight is 398 g/mol. The van der Waals surface area contributed by atoms with Crippen LogP contribution < -0.4 is 18.9 Å². The van der Waals surface area contributed by atoms with Crippen LogP contribution in [0.1, 0.15) is 5.56 Å². The Hall–Kier alpha value is -1.19. The Balaban J connectivity index is 1.86. The van der Waals surface area contributed by atoms with Crippen molar-refractivity contribution >= 4 is 35.3 Å². The molecule has 0 bridgehead atoms. The fourth-order valence-corrected chi connectivity index (χ4v) is 5.79. The number of halogens is 1. The minimum atomic E-state index is -4.56. The molecule has 0 amide bonds. The van der Waals surface area contributed by atoms with Gasteiger partial charge in [0.1, 0.15) is 4.29 Å². The Morgan fingerprint density at radius 2 is 1.52 bits per heavy atom. The molecule has 1 heterocycles. The third kappa shape index (κ3) is 4.71. The van der Waals surface area contributed by atoms with Crippen molar-refractivity contribution in [3.05, 3.63) is 60.2 Å². The van der Waals surface area contributed by atoms with Crippen molar-refractivity contribution < 1.29 is 28.5 Å². The summed E-state index contributed by atoms with van der Waals surface area (Å²) < 4.78 is 37.1. The molecular weight excluding hydrogens is 382 g/mol. The first-order valence-corrected chi connectivity index (χ1v) is 10.2. The average Bonchev–Trinajstić information content (AvgIpc) is 2.89. The summed E-state index contributed by atoms with van der Waals surface area (Å²) in [4.78, 5) is 3.73. The maximum absolute atomic E-state index is 11.2. The highest BCUT2D eigenvalue weighted by molar-refractivity contribution is 8.20. The maximum Gasteiger partial charge on any atom is 0.342 e. The standard InChI is InChI=1S/C17H16ClNO4S2/c1-19(2)14-9-7-13(8-10-14)11-12-17(23-18(20,21)22)24-15-5-3-4-6-16(15)25-17/h3-12H,1-2H3/b12-11+. The Bertz CT molecular complexity index is 750. The van der Waals surface area contributed by atoms with Crippen molar-refractivity contribution in [1.29, 1.82) is 0 Å². The third-order valence-corrected chi connectivity index (χ3v) is 6.85. The van der Waals surface area contributed by atoms with E-state index >= 15 is 0 Å². The summed E-state index contributed by atoms with van der Waals surface area (Å²) in [5, 5.41) is 0. The number of hydrogen-bond acceptors (Lipinski definition) is 7. The van der Waals surface area contributed by atoms with Gasteiger partial charge in [-0.25, -0.2) is 0 Å². The van der Waals surface area contributed by atoms with E-state index in [1.807, 2.05) is 67.5 Å². The van der Waals surface area contributed by atoms with Gasteiger partial charge in [-0.3, -0.25) is 0 Å². The Morgan fingerprint density at radius 3 is 2.00 bits per heavy atom. The van der Waals surface area contributed by atoms with Crippen LogP contribution in [0, 0.1) is 10.2 Å². The lowest BCUT2D eigenvalue weighted by atomic mass is 10.2. The molecule has 3 rings (SSSR count). The van der Waals surface area contributed by atoms with Gasteiger partial charge in [0.15, 0.2) is 0 Å². The van der Waals surface area contributed by atoms with Crippen LogP contribution in [0.4, 0.5) is 5.69 Å². The monoisotopic (exact) mass is 397 g/mol. The van der Waals surface area contributed by atoms with Gasteiger partial charge < -0.3 is 4.90 Å². The van der Waals surface area contributed by atoms with Crippen molar-refractivity contribution in [3.8, 4) is 0 Å². The molecule has 8 heteroatoms. The number of benzene rings is 2. The molecule has 132 valence electrons. The number of fused-ring (bicyclic) bond motifs is 1. The van der Waals surface area contributed by atoms with E-state index in [4.69, 9.17) is 4.29 Å². The van der Waals surface area contributed by atoms with Gasteiger partial charge in [0.25, 0.3) is 0 Å². The first-order valence-electron chi connectivity index (χ1n) is 7.32. The highest BCUT2D eigenvalue weighted by Gasteiger charge is 2.51. The third-order valence-electron chi connectivity index (χ3n) is 3.45. The van der Waals surface area contributed by atoms with Crippen LogP contribution in [-0.2, 0) is 4.29 Å². The van der Waals surface area contributed by atoms with Gasteiger partial charge in [-0.2, -0.15) is 14.0 Å². The largest absolute Gasteiger partial charge is 0.378 e. The van der Waals surface area contributed by atoms with E-state index in [9.17, 15) is 14.0 Å². The summed E-state index contributed by atoms with van der Waals surface area (Å²) >= 11 is 2.39. The zero-order valence-corrected chi connectivity index (χ0v) is 15.9. The van der Waals surface area contributed by atoms with Crippen LogP contribution in [0.3, 0.4) is 0 Å². The molecule has 0 fully saturated rings. The Morgan fingerprint density at radius 1 is 0.960 bits per heavy atom. The molecule has 2 aromatic rings. The fraction of sp³-hybridized carbons (Fsp3) is 0.176. The molecule has 0 aromatic heterocycles. The second-order valence-corrected chi connectivity index (χ2v) is 9.20. The Labute approximate surface area is 157 Å². The van der Waals surface area contributed by atoms with Crippen molar-refractivity contribution in [2.45, 2.75) is 14.1 Å². The van der Waals surface area contributed by atoms with Crippen molar-refractivity contribution in [3.63, 3.8) is 0 Å². The fourth-order valence-electron chi connectivity index (χ4n) is 2.28. The van der Waals surface area contributed by atoms with E-state index in [0.717, 1.165) is 21.0 Å². The zero-order chi connectivity index (χ0) is 18.1. The molecule has 0 atom stereocenters. The topological polar surface area (TPSA) is 81.7 Å². The molecule has 0 unspecified atom stereocenters. The van der Waals surface area contributed by atoms with Crippen LogP contribution in [0.2, 0.25) is 0 Å². The first-order chi connectivity index (χ1) is 11.8. The molecule has 0 saturated carbocycles. The molecule has 0 radical (unpaired) electrons. The molecular formula is C17H16ClNO4S2. The SMILES string of the molecule is CN(C)c1ccc(/C=C/C2(O[Cl+3]([O-])([O-])[O-])Sc3ccccc3S2)cc1. The zero-order valence-electron chi connectivity index (χ0n) is 13.5. The summed E-state index contributed by atoms with van der Waals surface area (Å²) in [6.45, 7) is 0. The van der Waals surface area contributed by atoms with Gasteiger partial charge in [0.05, 0.1) is 10.2 Å². The van der Waals surface area contributed by atoms with Gasteiger partial charge in [-0.05, 0) is 35.9 Å². The van der Waals surface area contributed by atoms with Gasteiger partial charge >= 0.3 is 4.27 Å². The van der Waals surface area contributed by atoms with Crippen LogP contribution in [0.25, 0.3) is 6.08 Å². The summed E-state index contributed by atoms with van der Waals surface area (Å²) in [7, 11) is -0.654. The lowest BCUT2D eigenvalue weighted by molar-refractivity contribution is -1.92. The van der Waals surface area contributed by atoms with Gasteiger partial charge in [-0.1, -0.05) is 53.9 Å². The molecule has 5 nitrogen and oxygen atoms in total. The summed E-state index contributed by atoms with van der Waals surface area (Å²) in [6, 6.07) is 15.2. The van der Waals surface area contributed by atoms with Crippen molar-refractivity contribution in [2.24, 2.45) is 0 Å². The molecule has 25 heavy (non-hydrogen) atoms. The highest BCUT2D eigenvalue weighted by atomic mass is 35.7. The van der Waals surface area contributed by atoms with Crippen LogP contribution in [0.5, 0.6) is 0 Å². The summed E-state index contributed by atoms with van der Waals surface area (Å²) in [5.41, 5.74) is 1.94. The van der Waals surface area contributed by atoms with Gasteiger partial charge in [-0.15, -0.1) is 0 Å². The number of rotatable bonds is 5. The van der Waals surface area contributed by atoms with Crippen molar-refractivity contribution in [2.75, 3.05) is 19.0 Å². The molecule has 0 N–H and O–H groups in total. The predicted octanol–water partition coefficient (Wildman–Crippen LogP) is 1.23. The number of anilines is 1. The lowest BCUT2D eigenvalue weighted by Crippen LogP contribution is -2.63. The molecule has 1 aliphatic rings. The van der Waals surface area contributed by atoms with E-state index in [0.29, 0.717) is 0 Å². The van der Waals surface area contributed by atoms with E-state index in [1.54, 1.807) is 12.2 Å². The quantitative estimate of drug-likeness (QED) is 0.750. The van der Waals surface area contributed by atoms with Crippen LogP contribution in [-0.4, -0.2) is 18.4 Å². The molecule has 0 saturated heterocycles. The van der Waals surface area contributed by atoms with E-state index in [-0.39, 0.29) is 0 Å². The number of nitrogens with zero attached hydrogens (tertiary/aromatic N) is 1. The smallest absolute Gasteiger partial charge is 0.342 e. The lowest BCUT2D eigenvalue weighted by Gasteiger charge is -2.22. The molecule has 0 spiro atoms. The highest BCUT2D eigenvalue weighted by Crippen LogP contribution is 2.57. The maximum atomic E-state index is 11.2. The van der Waals surface area contributed by atoms with Crippen LogP contribution in [0.15, 0.2) is 64.4 Å². The van der Waals surface area contributed by atoms with E-state index in [1.165, 1.54) is 23.5 Å². The molecule has 0 aliphatic carbocycles. The second kappa shape index (κ2) is 7.20. The van der Waals surface area contributed by atoms with Gasteiger partial charge in [0, 0.05) is 29.6 Å². The first kappa shape index (κ1) is 18.6. The van der Waals surface area contributed by atoms with E-state index in [2.05, 4.69) is 0 Å². The van der Waals surface area contributed by atoms with E-state index < -0.39 is 14.5 Å². The summed E-state index contributed by atoms with van der Waals surface area (Å²) in [5.74, 6) is 0. The molecule has 1 aliphatic heterocycles. The molecule has 2 aromatic carbocycles. The van der Waals surface area contributed by atoms with Gasteiger partial charge in [0.2, 0.25) is 0 Å². The Kier molecular flexibility index (Phi) is 5.36. The predicted molar refractivity (Wildman–Crippen MR) is 91.8 cm³/mol. The minimum absolute atomic E-state index is 0.874. The number of thioether (sulfide) groups is 2. The van der Waals surface area contributed by atoms with Crippen molar-refractivity contribution in [1.82, 2.24) is 0 Å². The minimum Gasteiger partial charge on any atom is -0.378 e. The normalized spacial score (nSPS) is 16.2. The van der Waals surface area contributed by atoms with Crippen LogP contribution >= 0.6 is 23.5 Å². The second-order valence-electron chi connectivity index (χ2n) is 5.53. The number of hydrogen-bond donors (Lipinski definition) is 0. The summed E-state index contributed by atoms with van der Waals surface area (Å²) in [6.07, 6.45) is 3.36.